The average molecular weight is 323 g/mol. The van der Waals surface area contributed by atoms with Crippen LogP contribution in [0.2, 0.25) is 0 Å². The van der Waals surface area contributed by atoms with Crippen molar-refractivity contribution in [3.05, 3.63) is 60.2 Å². The largest absolute Gasteiger partial charge is 0.370 e. The summed E-state index contributed by atoms with van der Waals surface area (Å²) in [6, 6.07) is 18.1. The van der Waals surface area contributed by atoms with E-state index in [1.165, 1.54) is 12.8 Å². The molecule has 2 amide bonds. The van der Waals surface area contributed by atoms with Crippen LogP contribution in [0.5, 0.6) is 0 Å². The fourth-order valence-electron chi connectivity index (χ4n) is 3.14. The third kappa shape index (κ3) is 3.88. The minimum atomic E-state index is -0.0481. The smallest absolute Gasteiger partial charge is 0.322 e. The van der Waals surface area contributed by atoms with Crippen molar-refractivity contribution in [1.82, 2.24) is 4.90 Å². The van der Waals surface area contributed by atoms with Gasteiger partial charge in [-0.25, -0.2) is 4.79 Å². The zero-order valence-electron chi connectivity index (χ0n) is 14.2. The van der Waals surface area contributed by atoms with E-state index < -0.39 is 0 Å². The van der Waals surface area contributed by atoms with Crippen LogP contribution in [0.15, 0.2) is 54.6 Å². The van der Waals surface area contributed by atoms with Crippen LogP contribution < -0.4 is 10.2 Å². The highest BCUT2D eigenvalue weighted by atomic mass is 16.2. The number of hydrogen-bond acceptors (Lipinski definition) is 2. The first-order valence-electron chi connectivity index (χ1n) is 8.71. The van der Waals surface area contributed by atoms with E-state index in [0.29, 0.717) is 13.1 Å². The molecule has 2 aromatic rings. The Morgan fingerprint density at radius 2 is 1.71 bits per heavy atom. The molecule has 4 heteroatoms. The fraction of sp³-hybridized carbons (Fsp3) is 0.350. The quantitative estimate of drug-likeness (QED) is 0.888. The molecule has 1 fully saturated rings. The molecule has 1 heterocycles. The van der Waals surface area contributed by atoms with Crippen molar-refractivity contribution in [3.63, 3.8) is 0 Å². The third-order valence-electron chi connectivity index (χ3n) is 4.48. The van der Waals surface area contributed by atoms with Crippen LogP contribution in [0.1, 0.15) is 25.3 Å². The monoisotopic (exact) mass is 323 g/mol. The summed E-state index contributed by atoms with van der Waals surface area (Å²) in [7, 11) is 0. The summed E-state index contributed by atoms with van der Waals surface area (Å²) in [5.41, 5.74) is 3.16. The van der Waals surface area contributed by atoms with Crippen LogP contribution in [0.4, 0.5) is 16.2 Å². The molecule has 1 aliphatic heterocycles. The number of nitrogens with one attached hydrogen (secondary N) is 1. The molecule has 0 radical (unpaired) electrons. The van der Waals surface area contributed by atoms with Gasteiger partial charge in [-0.3, -0.25) is 0 Å². The van der Waals surface area contributed by atoms with Crippen molar-refractivity contribution in [2.75, 3.05) is 29.9 Å². The molecule has 0 aliphatic carbocycles. The number of anilines is 2. The summed E-state index contributed by atoms with van der Waals surface area (Å²) < 4.78 is 0. The maximum Gasteiger partial charge on any atom is 0.322 e. The third-order valence-corrected chi connectivity index (χ3v) is 4.48. The predicted molar refractivity (Wildman–Crippen MR) is 99.4 cm³/mol. The van der Waals surface area contributed by atoms with Crippen molar-refractivity contribution in [3.8, 4) is 0 Å². The minimum absolute atomic E-state index is 0.0481. The van der Waals surface area contributed by atoms with Crippen LogP contribution in [0.3, 0.4) is 0 Å². The van der Waals surface area contributed by atoms with Crippen molar-refractivity contribution in [2.45, 2.75) is 26.3 Å². The maximum absolute atomic E-state index is 12.7. The van der Waals surface area contributed by atoms with E-state index in [2.05, 4.69) is 16.3 Å². The number of carbonyl (C=O) groups is 1. The summed E-state index contributed by atoms with van der Waals surface area (Å²) in [5.74, 6) is 0. The maximum atomic E-state index is 12.7. The van der Waals surface area contributed by atoms with Gasteiger partial charge >= 0.3 is 6.03 Å². The predicted octanol–water partition coefficient (Wildman–Crippen LogP) is 4.34. The first kappa shape index (κ1) is 16.4. The molecule has 0 atom stereocenters. The number of urea groups is 1. The Morgan fingerprint density at radius 1 is 1.04 bits per heavy atom. The molecule has 0 aromatic heterocycles. The standard InChI is InChI=1S/C20H25N3O/c1-2-22(16-17-10-4-3-5-11-17)20(24)21-18-12-6-7-13-19(18)23-14-8-9-15-23/h3-7,10-13H,2,8-9,14-16H2,1H3,(H,21,24). The zero-order valence-corrected chi connectivity index (χ0v) is 14.2. The molecule has 0 bridgehead atoms. The minimum Gasteiger partial charge on any atom is -0.370 e. The van der Waals surface area contributed by atoms with Crippen LogP contribution in [-0.2, 0) is 6.54 Å². The number of carbonyl (C=O) groups excluding carboxylic acids is 1. The van der Waals surface area contributed by atoms with E-state index in [1.54, 1.807) is 0 Å². The van der Waals surface area contributed by atoms with Gasteiger partial charge in [0.05, 0.1) is 11.4 Å². The van der Waals surface area contributed by atoms with Gasteiger partial charge in [-0.05, 0) is 37.5 Å². The molecule has 0 saturated carbocycles. The Balaban J connectivity index is 1.71. The topological polar surface area (TPSA) is 35.6 Å². The first-order chi connectivity index (χ1) is 11.8. The Hall–Kier alpha value is -2.49. The molecule has 2 aromatic carbocycles. The average Bonchev–Trinajstić information content (AvgIpc) is 3.15. The van der Waals surface area contributed by atoms with Crippen molar-refractivity contribution >= 4 is 17.4 Å². The SMILES string of the molecule is CCN(Cc1ccccc1)C(=O)Nc1ccccc1N1CCCC1. The number of para-hydroxylation sites is 2. The van der Waals surface area contributed by atoms with E-state index in [1.807, 2.05) is 60.4 Å². The molecule has 3 rings (SSSR count). The van der Waals surface area contributed by atoms with E-state index in [4.69, 9.17) is 0 Å². The normalized spacial score (nSPS) is 13.8. The summed E-state index contributed by atoms with van der Waals surface area (Å²) in [4.78, 5) is 16.9. The molecule has 1 aliphatic rings. The Kier molecular flexibility index (Phi) is 5.36. The lowest BCUT2D eigenvalue weighted by Gasteiger charge is -2.25. The number of hydrogen-bond donors (Lipinski definition) is 1. The number of benzene rings is 2. The van der Waals surface area contributed by atoms with Gasteiger partial charge in [0, 0.05) is 26.2 Å². The van der Waals surface area contributed by atoms with Crippen LogP contribution in [0.25, 0.3) is 0 Å². The second-order valence-corrected chi connectivity index (χ2v) is 6.14. The zero-order chi connectivity index (χ0) is 16.8. The van der Waals surface area contributed by atoms with Crippen LogP contribution >= 0.6 is 0 Å². The van der Waals surface area contributed by atoms with Gasteiger partial charge < -0.3 is 15.1 Å². The summed E-state index contributed by atoms with van der Waals surface area (Å²) >= 11 is 0. The second-order valence-electron chi connectivity index (χ2n) is 6.14. The lowest BCUT2D eigenvalue weighted by molar-refractivity contribution is 0.212. The highest BCUT2D eigenvalue weighted by molar-refractivity contribution is 5.93. The van der Waals surface area contributed by atoms with Gasteiger partial charge in [0.2, 0.25) is 0 Å². The fourth-order valence-corrected chi connectivity index (χ4v) is 3.14. The van der Waals surface area contributed by atoms with E-state index in [-0.39, 0.29) is 6.03 Å². The van der Waals surface area contributed by atoms with Gasteiger partial charge in [-0.2, -0.15) is 0 Å². The Bertz CT molecular complexity index is 666. The number of rotatable bonds is 5. The van der Waals surface area contributed by atoms with Gasteiger partial charge in [0.25, 0.3) is 0 Å². The molecule has 24 heavy (non-hydrogen) atoms. The number of nitrogens with zero attached hydrogens (tertiary/aromatic N) is 2. The van der Waals surface area contributed by atoms with Crippen molar-refractivity contribution in [1.29, 1.82) is 0 Å². The molecular formula is C20H25N3O. The van der Waals surface area contributed by atoms with Crippen LogP contribution in [0, 0.1) is 0 Å². The molecule has 126 valence electrons. The molecular weight excluding hydrogens is 298 g/mol. The van der Waals surface area contributed by atoms with Crippen molar-refractivity contribution in [2.24, 2.45) is 0 Å². The summed E-state index contributed by atoms with van der Waals surface area (Å²) in [6.45, 7) is 5.43. The van der Waals surface area contributed by atoms with E-state index in [0.717, 1.165) is 30.0 Å². The molecule has 4 nitrogen and oxygen atoms in total. The lowest BCUT2D eigenvalue weighted by atomic mass is 10.2. The number of amides is 2. The van der Waals surface area contributed by atoms with Crippen molar-refractivity contribution < 1.29 is 4.79 Å². The lowest BCUT2D eigenvalue weighted by Crippen LogP contribution is -2.34. The summed E-state index contributed by atoms with van der Waals surface area (Å²) in [5, 5.41) is 3.10. The Morgan fingerprint density at radius 3 is 2.42 bits per heavy atom. The summed E-state index contributed by atoms with van der Waals surface area (Å²) in [6.07, 6.45) is 2.44. The molecule has 0 unspecified atom stereocenters. The van der Waals surface area contributed by atoms with Gasteiger partial charge in [0.1, 0.15) is 0 Å². The van der Waals surface area contributed by atoms with Gasteiger partial charge in [-0.1, -0.05) is 42.5 Å². The first-order valence-corrected chi connectivity index (χ1v) is 8.71. The Labute approximate surface area is 144 Å². The highest BCUT2D eigenvalue weighted by Crippen LogP contribution is 2.28. The molecule has 1 saturated heterocycles. The second kappa shape index (κ2) is 7.86. The van der Waals surface area contributed by atoms with Crippen LogP contribution in [-0.4, -0.2) is 30.6 Å². The molecule has 1 N–H and O–H groups in total. The van der Waals surface area contributed by atoms with E-state index in [9.17, 15) is 4.79 Å². The van der Waals surface area contributed by atoms with Gasteiger partial charge in [-0.15, -0.1) is 0 Å². The highest BCUT2D eigenvalue weighted by Gasteiger charge is 2.18. The van der Waals surface area contributed by atoms with Gasteiger partial charge in [0.15, 0.2) is 0 Å². The van der Waals surface area contributed by atoms with E-state index >= 15 is 0 Å². The molecule has 0 spiro atoms.